The van der Waals surface area contributed by atoms with E-state index in [0.29, 0.717) is 12.5 Å². The number of likely N-dealkylation sites (tertiary alicyclic amines) is 1. The highest BCUT2D eigenvalue weighted by Crippen LogP contribution is 2.30. The lowest BCUT2D eigenvalue weighted by molar-refractivity contribution is -0.126. The van der Waals surface area contributed by atoms with Gasteiger partial charge in [-0.1, -0.05) is 30.3 Å². The van der Waals surface area contributed by atoms with E-state index in [1.807, 2.05) is 25.1 Å². The average molecular weight is 261 g/mol. The smallest absolute Gasteiger partial charge is 0.224 e. The Hall–Kier alpha value is -1.39. The van der Waals surface area contributed by atoms with Gasteiger partial charge in [-0.3, -0.25) is 4.79 Å². The SMILES string of the molecule is CC1(C(N)=O)CCN(CC(CN)c2ccccc2)C1. The molecule has 1 fully saturated rings. The molecule has 4 nitrogen and oxygen atoms in total. The van der Waals surface area contributed by atoms with Crippen molar-refractivity contribution in [2.45, 2.75) is 19.3 Å². The summed E-state index contributed by atoms with van der Waals surface area (Å²) in [6.07, 6.45) is 0.842. The number of hydrogen-bond donors (Lipinski definition) is 2. The monoisotopic (exact) mass is 261 g/mol. The average Bonchev–Trinajstić information content (AvgIpc) is 2.80. The van der Waals surface area contributed by atoms with Gasteiger partial charge < -0.3 is 16.4 Å². The zero-order valence-electron chi connectivity index (χ0n) is 11.5. The first-order chi connectivity index (χ1) is 9.05. The van der Waals surface area contributed by atoms with Gasteiger partial charge in [0.25, 0.3) is 0 Å². The quantitative estimate of drug-likeness (QED) is 0.828. The summed E-state index contributed by atoms with van der Waals surface area (Å²) < 4.78 is 0. The molecule has 4 heteroatoms. The zero-order chi connectivity index (χ0) is 13.9. The first-order valence-corrected chi connectivity index (χ1v) is 6.82. The molecule has 104 valence electrons. The molecule has 1 aromatic carbocycles. The molecule has 2 rings (SSSR count). The van der Waals surface area contributed by atoms with Crippen LogP contribution in [0.25, 0.3) is 0 Å². The molecule has 1 saturated heterocycles. The number of nitrogens with zero attached hydrogens (tertiary/aromatic N) is 1. The molecular formula is C15H23N3O. The topological polar surface area (TPSA) is 72.4 Å². The van der Waals surface area contributed by atoms with Crippen molar-refractivity contribution in [1.29, 1.82) is 0 Å². The van der Waals surface area contributed by atoms with E-state index in [0.717, 1.165) is 26.1 Å². The van der Waals surface area contributed by atoms with Gasteiger partial charge in [-0.2, -0.15) is 0 Å². The molecule has 2 unspecified atom stereocenters. The molecule has 1 heterocycles. The second-order valence-corrected chi connectivity index (χ2v) is 5.75. The number of carbonyl (C=O) groups excluding carboxylic acids is 1. The number of primary amides is 1. The van der Waals surface area contributed by atoms with Gasteiger partial charge in [0.2, 0.25) is 5.91 Å². The fraction of sp³-hybridized carbons (Fsp3) is 0.533. The summed E-state index contributed by atoms with van der Waals surface area (Å²) in [5.74, 6) is 0.121. The third-order valence-corrected chi connectivity index (χ3v) is 4.18. The fourth-order valence-electron chi connectivity index (χ4n) is 2.77. The van der Waals surface area contributed by atoms with Crippen molar-refractivity contribution in [3.05, 3.63) is 35.9 Å². The van der Waals surface area contributed by atoms with Crippen LogP contribution in [0.5, 0.6) is 0 Å². The highest BCUT2D eigenvalue weighted by Gasteiger charge is 2.39. The molecule has 0 aromatic heterocycles. The number of amides is 1. The Morgan fingerprint density at radius 3 is 2.63 bits per heavy atom. The summed E-state index contributed by atoms with van der Waals surface area (Å²) in [5.41, 5.74) is 12.3. The van der Waals surface area contributed by atoms with Crippen LogP contribution in [0.1, 0.15) is 24.8 Å². The van der Waals surface area contributed by atoms with Gasteiger partial charge in [-0.05, 0) is 25.5 Å². The second-order valence-electron chi connectivity index (χ2n) is 5.75. The number of rotatable bonds is 5. The Balaban J connectivity index is 2.00. The van der Waals surface area contributed by atoms with Crippen LogP contribution in [0.2, 0.25) is 0 Å². The summed E-state index contributed by atoms with van der Waals surface area (Å²) in [4.78, 5) is 13.8. The molecule has 1 aliphatic heterocycles. The van der Waals surface area contributed by atoms with Gasteiger partial charge in [-0.15, -0.1) is 0 Å². The number of benzene rings is 1. The van der Waals surface area contributed by atoms with E-state index in [2.05, 4.69) is 17.0 Å². The fourth-order valence-corrected chi connectivity index (χ4v) is 2.77. The van der Waals surface area contributed by atoms with Crippen LogP contribution in [0, 0.1) is 5.41 Å². The van der Waals surface area contributed by atoms with E-state index in [-0.39, 0.29) is 11.3 Å². The van der Waals surface area contributed by atoms with Gasteiger partial charge >= 0.3 is 0 Å². The minimum atomic E-state index is -0.379. The van der Waals surface area contributed by atoms with Gasteiger partial charge in [0.05, 0.1) is 5.41 Å². The third kappa shape index (κ3) is 3.14. The van der Waals surface area contributed by atoms with Crippen molar-refractivity contribution in [3.8, 4) is 0 Å². The minimum absolute atomic E-state index is 0.195. The number of nitrogens with two attached hydrogens (primary N) is 2. The van der Waals surface area contributed by atoms with Crippen LogP contribution < -0.4 is 11.5 Å². The highest BCUT2D eigenvalue weighted by molar-refractivity contribution is 5.81. The first-order valence-electron chi connectivity index (χ1n) is 6.82. The molecular weight excluding hydrogens is 238 g/mol. The lowest BCUT2D eigenvalue weighted by Gasteiger charge is -2.25. The van der Waals surface area contributed by atoms with Gasteiger partial charge in [-0.25, -0.2) is 0 Å². The van der Waals surface area contributed by atoms with Crippen molar-refractivity contribution in [2.24, 2.45) is 16.9 Å². The van der Waals surface area contributed by atoms with Crippen molar-refractivity contribution in [1.82, 2.24) is 4.90 Å². The van der Waals surface area contributed by atoms with E-state index in [1.54, 1.807) is 0 Å². The summed E-state index contributed by atoms with van der Waals surface area (Å²) in [5, 5.41) is 0. The number of hydrogen-bond acceptors (Lipinski definition) is 3. The van der Waals surface area contributed by atoms with E-state index in [4.69, 9.17) is 11.5 Å². The summed E-state index contributed by atoms with van der Waals surface area (Å²) in [6, 6.07) is 10.3. The van der Waals surface area contributed by atoms with Crippen LogP contribution in [0.15, 0.2) is 30.3 Å². The zero-order valence-corrected chi connectivity index (χ0v) is 11.5. The highest BCUT2D eigenvalue weighted by atomic mass is 16.1. The van der Waals surface area contributed by atoms with E-state index < -0.39 is 0 Å². The normalized spacial score (nSPS) is 25.4. The van der Waals surface area contributed by atoms with Gasteiger partial charge in [0.15, 0.2) is 0 Å². The van der Waals surface area contributed by atoms with E-state index in [9.17, 15) is 4.79 Å². The van der Waals surface area contributed by atoms with Crippen LogP contribution in [-0.2, 0) is 4.79 Å². The Labute approximate surface area is 114 Å². The number of carbonyl (C=O) groups is 1. The van der Waals surface area contributed by atoms with Crippen LogP contribution in [0.3, 0.4) is 0 Å². The minimum Gasteiger partial charge on any atom is -0.369 e. The molecule has 1 amide bonds. The second kappa shape index (κ2) is 5.72. The molecule has 1 aromatic rings. The summed E-state index contributed by atoms with van der Waals surface area (Å²) >= 11 is 0. The Kier molecular flexibility index (Phi) is 4.22. The molecule has 19 heavy (non-hydrogen) atoms. The Morgan fingerprint density at radius 2 is 2.11 bits per heavy atom. The summed E-state index contributed by atoms with van der Waals surface area (Å²) in [7, 11) is 0. The molecule has 0 aliphatic carbocycles. The lowest BCUT2D eigenvalue weighted by atomic mass is 9.89. The van der Waals surface area contributed by atoms with Gasteiger partial charge in [0, 0.05) is 25.6 Å². The maximum absolute atomic E-state index is 11.5. The third-order valence-electron chi connectivity index (χ3n) is 4.18. The van der Waals surface area contributed by atoms with E-state index in [1.165, 1.54) is 5.56 Å². The predicted octanol–water partition coefficient (Wildman–Crippen LogP) is 0.926. The van der Waals surface area contributed by atoms with Gasteiger partial charge in [0.1, 0.15) is 0 Å². The molecule has 4 N–H and O–H groups in total. The lowest BCUT2D eigenvalue weighted by Crippen LogP contribution is -2.38. The summed E-state index contributed by atoms with van der Waals surface area (Å²) in [6.45, 7) is 5.13. The Morgan fingerprint density at radius 1 is 1.42 bits per heavy atom. The van der Waals surface area contributed by atoms with Crippen molar-refractivity contribution >= 4 is 5.91 Å². The van der Waals surface area contributed by atoms with Crippen LogP contribution in [-0.4, -0.2) is 37.0 Å². The predicted molar refractivity (Wildman–Crippen MR) is 76.6 cm³/mol. The van der Waals surface area contributed by atoms with Crippen LogP contribution in [0.4, 0.5) is 0 Å². The van der Waals surface area contributed by atoms with E-state index >= 15 is 0 Å². The van der Waals surface area contributed by atoms with Crippen molar-refractivity contribution in [3.63, 3.8) is 0 Å². The standard InChI is InChI=1S/C15H23N3O/c1-15(14(17)19)7-8-18(11-15)10-13(9-16)12-5-3-2-4-6-12/h2-6,13H,7-11,16H2,1H3,(H2,17,19). The maximum atomic E-state index is 11.5. The molecule has 0 bridgehead atoms. The molecule has 0 spiro atoms. The molecule has 2 atom stereocenters. The molecule has 1 aliphatic rings. The molecule has 0 saturated carbocycles. The maximum Gasteiger partial charge on any atom is 0.224 e. The first kappa shape index (κ1) is 14.0. The van der Waals surface area contributed by atoms with Crippen molar-refractivity contribution in [2.75, 3.05) is 26.2 Å². The largest absolute Gasteiger partial charge is 0.369 e. The van der Waals surface area contributed by atoms with Crippen LogP contribution >= 0.6 is 0 Å². The Bertz CT molecular complexity index is 434. The molecule has 0 radical (unpaired) electrons. The van der Waals surface area contributed by atoms with Crippen molar-refractivity contribution < 1.29 is 4.79 Å².